The van der Waals surface area contributed by atoms with Crippen molar-refractivity contribution in [2.24, 2.45) is 5.92 Å². The Balaban J connectivity index is 2.30. The van der Waals surface area contributed by atoms with Crippen LogP contribution in [0.3, 0.4) is 0 Å². The highest BCUT2D eigenvalue weighted by atomic mass is 15.2. The van der Waals surface area contributed by atoms with Gasteiger partial charge in [-0.25, -0.2) is 0 Å². The minimum Gasteiger partial charge on any atom is -0.311 e. The maximum atomic E-state index is 3.55. The van der Waals surface area contributed by atoms with Gasteiger partial charge in [-0.15, -0.1) is 0 Å². The molecule has 2 nitrogen and oxygen atoms in total. The molecule has 1 rings (SSSR count). The van der Waals surface area contributed by atoms with Crippen molar-refractivity contribution in [3.05, 3.63) is 0 Å². The van der Waals surface area contributed by atoms with Gasteiger partial charge in [-0.3, -0.25) is 0 Å². The molecule has 0 spiro atoms. The van der Waals surface area contributed by atoms with Gasteiger partial charge >= 0.3 is 0 Å². The van der Waals surface area contributed by atoms with Crippen LogP contribution in [0.15, 0.2) is 0 Å². The number of hydrogen-bond acceptors (Lipinski definition) is 2. The van der Waals surface area contributed by atoms with Crippen molar-refractivity contribution in [3.8, 4) is 0 Å². The van der Waals surface area contributed by atoms with Gasteiger partial charge in [0.05, 0.1) is 0 Å². The average molecular weight is 212 g/mol. The first-order chi connectivity index (χ1) is 7.07. The fraction of sp³-hybridized carbons (Fsp3) is 1.00. The van der Waals surface area contributed by atoms with Crippen molar-refractivity contribution in [1.29, 1.82) is 0 Å². The second kappa shape index (κ2) is 5.86. The van der Waals surface area contributed by atoms with Gasteiger partial charge in [-0.05, 0) is 45.7 Å². The van der Waals surface area contributed by atoms with Crippen LogP contribution in [0, 0.1) is 5.92 Å². The van der Waals surface area contributed by atoms with Crippen molar-refractivity contribution in [1.82, 2.24) is 10.2 Å². The van der Waals surface area contributed by atoms with Gasteiger partial charge in [0.25, 0.3) is 0 Å². The van der Waals surface area contributed by atoms with Crippen LogP contribution in [0.4, 0.5) is 0 Å². The van der Waals surface area contributed by atoms with E-state index in [4.69, 9.17) is 0 Å². The second-order valence-corrected chi connectivity index (χ2v) is 5.54. The molecule has 1 aliphatic carbocycles. The van der Waals surface area contributed by atoms with E-state index in [0.717, 1.165) is 12.5 Å². The standard InChI is InChI=1S/C13H28N2/c1-5-14-13(3,4)11-15(6-2)10-12-8-7-9-12/h12,14H,5-11H2,1-4H3. The van der Waals surface area contributed by atoms with E-state index in [2.05, 4.69) is 37.9 Å². The Hall–Kier alpha value is -0.0800. The lowest BCUT2D eigenvalue weighted by Crippen LogP contribution is -2.50. The Morgan fingerprint density at radius 3 is 2.33 bits per heavy atom. The normalized spacial score (nSPS) is 18.2. The van der Waals surface area contributed by atoms with Gasteiger partial charge in [0.2, 0.25) is 0 Å². The maximum absolute atomic E-state index is 3.55. The summed E-state index contributed by atoms with van der Waals surface area (Å²) in [5.41, 5.74) is 0.258. The predicted molar refractivity (Wildman–Crippen MR) is 67.2 cm³/mol. The SMILES string of the molecule is CCNC(C)(C)CN(CC)CC1CCC1. The molecule has 90 valence electrons. The molecule has 0 radical (unpaired) electrons. The van der Waals surface area contributed by atoms with Gasteiger partial charge < -0.3 is 10.2 Å². The van der Waals surface area contributed by atoms with Crippen LogP contribution >= 0.6 is 0 Å². The summed E-state index contributed by atoms with van der Waals surface area (Å²) in [6, 6.07) is 0. The predicted octanol–water partition coefficient (Wildman–Crippen LogP) is 2.50. The van der Waals surface area contributed by atoms with E-state index in [0.29, 0.717) is 0 Å². The Labute approximate surface area is 95.4 Å². The molecular weight excluding hydrogens is 184 g/mol. The summed E-state index contributed by atoms with van der Waals surface area (Å²) in [4.78, 5) is 2.60. The van der Waals surface area contributed by atoms with Crippen molar-refractivity contribution in [3.63, 3.8) is 0 Å². The second-order valence-electron chi connectivity index (χ2n) is 5.54. The van der Waals surface area contributed by atoms with E-state index in [1.165, 1.54) is 38.9 Å². The lowest BCUT2D eigenvalue weighted by molar-refractivity contribution is 0.149. The molecule has 15 heavy (non-hydrogen) atoms. The molecule has 0 aromatic rings. The topological polar surface area (TPSA) is 15.3 Å². The fourth-order valence-corrected chi connectivity index (χ4v) is 2.44. The van der Waals surface area contributed by atoms with Gasteiger partial charge in [-0.1, -0.05) is 20.3 Å². The molecule has 0 aromatic heterocycles. The maximum Gasteiger partial charge on any atom is 0.0252 e. The van der Waals surface area contributed by atoms with Gasteiger partial charge in [0, 0.05) is 18.6 Å². The summed E-state index contributed by atoms with van der Waals surface area (Å²) in [6.45, 7) is 13.8. The first-order valence-electron chi connectivity index (χ1n) is 6.54. The molecule has 0 saturated heterocycles. The third-order valence-electron chi connectivity index (χ3n) is 3.46. The molecule has 0 amide bonds. The molecule has 0 aliphatic heterocycles. The van der Waals surface area contributed by atoms with E-state index < -0.39 is 0 Å². The molecular formula is C13H28N2. The zero-order valence-corrected chi connectivity index (χ0v) is 11.0. The molecule has 1 aliphatic rings. The summed E-state index contributed by atoms with van der Waals surface area (Å²) in [7, 11) is 0. The molecule has 2 heteroatoms. The Morgan fingerprint density at radius 1 is 1.27 bits per heavy atom. The Morgan fingerprint density at radius 2 is 1.93 bits per heavy atom. The van der Waals surface area contributed by atoms with E-state index >= 15 is 0 Å². The van der Waals surface area contributed by atoms with Crippen molar-refractivity contribution in [2.45, 2.75) is 52.5 Å². The summed E-state index contributed by atoms with van der Waals surface area (Å²) in [6.07, 6.45) is 4.37. The van der Waals surface area contributed by atoms with Crippen LogP contribution < -0.4 is 5.32 Å². The summed E-state index contributed by atoms with van der Waals surface area (Å²) in [5.74, 6) is 0.988. The molecule has 0 aromatic carbocycles. The van der Waals surface area contributed by atoms with Crippen LogP contribution in [0.5, 0.6) is 0 Å². The third kappa shape index (κ3) is 4.52. The van der Waals surface area contributed by atoms with Crippen LogP contribution in [0.2, 0.25) is 0 Å². The molecule has 0 bridgehead atoms. The number of nitrogens with zero attached hydrogens (tertiary/aromatic N) is 1. The number of nitrogens with one attached hydrogen (secondary N) is 1. The lowest BCUT2D eigenvalue weighted by Gasteiger charge is -2.37. The number of hydrogen-bond donors (Lipinski definition) is 1. The smallest absolute Gasteiger partial charge is 0.0252 e. The molecule has 0 unspecified atom stereocenters. The van der Waals surface area contributed by atoms with Crippen molar-refractivity contribution < 1.29 is 0 Å². The van der Waals surface area contributed by atoms with Gasteiger partial charge in [-0.2, -0.15) is 0 Å². The highest BCUT2D eigenvalue weighted by molar-refractivity contribution is 4.83. The van der Waals surface area contributed by atoms with E-state index in [1.54, 1.807) is 0 Å². The first kappa shape index (κ1) is 13.0. The van der Waals surface area contributed by atoms with Crippen LogP contribution in [0.1, 0.15) is 47.0 Å². The molecule has 1 fully saturated rings. The van der Waals surface area contributed by atoms with E-state index in [9.17, 15) is 0 Å². The largest absolute Gasteiger partial charge is 0.311 e. The van der Waals surface area contributed by atoms with Crippen LogP contribution in [0.25, 0.3) is 0 Å². The quantitative estimate of drug-likeness (QED) is 0.697. The van der Waals surface area contributed by atoms with Gasteiger partial charge in [0.1, 0.15) is 0 Å². The Kier molecular flexibility index (Phi) is 5.07. The Bertz CT molecular complexity index is 173. The summed E-state index contributed by atoms with van der Waals surface area (Å²) in [5, 5.41) is 3.55. The first-order valence-corrected chi connectivity index (χ1v) is 6.54. The summed E-state index contributed by atoms with van der Waals surface area (Å²) >= 11 is 0. The zero-order valence-electron chi connectivity index (χ0n) is 11.0. The lowest BCUT2D eigenvalue weighted by atomic mass is 9.85. The third-order valence-corrected chi connectivity index (χ3v) is 3.46. The highest BCUT2D eigenvalue weighted by Gasteiger charge is 2.24. The van der Waals surface area contributed by atoms with E-state index in [1.807, 2.05) is 0 Å². The van der Waals surface area contributed by atoms with Gasteiger partial charge in [0.15, 0.2) is 0 Å². The number of rotatable bonds is 7. The van der Waals surface area contributed by atoms with Crippen LogP contribution in [-0.2, 0) is 0 Å². The number of likely N-dealkylation sites (N-methyl/N-ethyl adjacent to an activating group) is 2. The zero-order chi connectivity index (χ0) is 11.3. The average Bonchev–Trinajstić information content (AvgIpc) is 2.08. The highest BCUT2D eigenvalue weighted by Crippen LogP contribution is 2.27. The molecule has 1 saturated carbocycles. The molecule has 1 N–H and O–H groups in total. The molecule has 0 heterocycles. The van der Waals surface area contributed by atoms with Crippen LogP contribution in [-0.4, -0.2) is 36.6 Å². The van der Waals surface area contributed by atoms with E-state index in [-0.39, 0.29) is 5.54 Å². The summed E-state index contributed by atoms with van der Waals surface area (Å²) < 4.78 is 0. The van der Waals surface area contributed by atoms with Crippen molar-refractivity contribution >= 4 is 0 Å². The fourth-order valence-electron chi connectivity index (χ4n) is 2.44. The minimum absolute atomic E-state index is 0.258. The van der Waals surface area contributed by atoms with Crippen molar-refractivity contribution in [2.75, 3.05) is 26.2 Å². The molecule has 0 atom stereocenters. The minimum atomic E-state index is 0.258. The monoisotopic (exact) mass is 212 g/mol.